The van der Waals surface area contributed by atoms with Crippen LogP contribution in [0.15, 0.2) is 29.5 Å². The van der Waals surface area contributed by atoms with Crippen LogP contribution in [0.25, 0.3) is 0 Å². The molecule has 124 valence electrons. The Balaban J connectivity index is 0.00000242. The molecule has 1 heterocycles. The van der Waals surface area contributed by atoms with Gasteiger partial charge in [-0.1, -0.05) is 19.4 Å². The second-order valence-electron chi connectivity index (χ2n) is 5.94. The maximum Gasteiger partial charge on any atom is 0.191 e. The molecule has 0 radical (unpaired) electrons. The van der Waals surface area contributed by atoms with Crippen molar-refractivity contribution in [1.29, 1.82) is 0 Å². The largest absolute Gasteiger partial charge is 0.357 e. The van der Waals surface area contributed by atoms with E-state index in [1.165, 1.54) is 31.2 Å². The van der Waals surface area contributed by atoms with Crippen LogP contribution in [-0.4, -0.2) is 30.6 Å². The average molecular weight is 416 g/mol. The molecule has 1 fully saturated rings. The molecule has 0 atom stereocenters. The number of aliphatic imine (C=N–C) groups is 1. The van der Waals surface area contributed by atoms with E-state index in [4.69, 9.17) is 4.99 Å². The first-order chi connectivity index (χ1) is 10.3. The van der Waals surface area contributed by atoms with Crippen molar-refractivity contribution >= 4 is 29.9 Å². The van der Waals surface area contributed by atoms with Crippen molar-refractivity contribution in [3.63, 3.8) is 0 Å². The zero-order chi connectivity index (χ0) is 15.0. The van der Waals surface area contributed by atoms with E-state index in [0.29, 0.717) is 5.41 Å². The van der Waals surface area contributed by atoms with Gasteiger partial charge in [0, 0.05) is 32.0 Å². The third kappa shape index (κ3) is 5.74. The number of halogens is 1. The first kappa shape index (κ1) is 19.2. The van der Waals surface area contributed by atoms with E-state index >= 15 is 0 Å². The molecule has 1 aliphatic rings. The molecule has 1 saturated carbocycles. The molecule has 0 spiro atoms. The van der Waals surface area contributed by atoms with Gasteiger partial charge in [-0.2, -0.15) is 0 Å². The molecule has 0 aliphatic heterocycles. The third-order valence-electron chi connectivity index (χ3n) is 4.51. The van der Waals surface area contributed by atoms with E-state index < -0.39 is 0 Å². The molecular formula is C17H29IN4. The van der Waals surface area contributed by atoms with Crippen LogP contribution >= 0.6 is 24.0 Å². The lowest BCUT2D eigenvalue weighted by Crippen LogP contribution is -2.40. The Labute approximate surface area is 151 Å². The number of hydrogen-bond acceptors (Lipinski definition) is 2. The van der Waals surface area contributed by atoms with Crippen molar-refractivity contribution in [2.45, 2.75) is 46.0 Å². The molecule has 1 aromatic rings. The molecule has 5 heteroatoms. The van der Waals surface area contributed by atoms with Crippen molar-refractivity contribution < 1.29 is 0 Å². The first-order valence-corrected chi connectivity index (χ1v) is 8.19. The van der Waals surface area contributed by atoms with E-state index in [1.54, 1.807) is 0 Å². The maximum absolute atomic E-state index is 4.79. The van der Waals surface area contributed by atoms with Gasteiger partial charge in [0.25, 0.3) is 0 Å². The third-order valence-corrected chi connectivity index (χ3v) is 4.51. The van der Waals surface area contributed by atoms with Crippen LogP contribution in [0.4, 0.5) is 0 Å². The van der Waals surface area contributed by atoms with Gasteiger partial charge in [-0.05, 0) is 49.7 Å². The number of nitrogens with zero attached hydrogens (tertiary/aromatic N) is 2. The summed E-state index contributed by atoms with van der Waals surface area (Å²) in [5, 5.41) is 6.76. The summed E-state index contributed by atoms with van der Waals surface area (Å²) in [7, 11) is 0. The lowest BCUT2D eigenvalue weighted by Gasteiger charge is -2.40. The van der Waals surface area contributed by atoms with E-state index in [1.807, 2.05) is 18.5 Å². The highest BCUT2D eigenvalue weighted by atomic mass is 127. The van der Waals surface area contributed by atoms with E-state index in [-0.39, 0.29) is 24.0 Å². The first-order valence-electron chi connectivity index (χ1n) is 8.19. The summed E-state index contributed by atoms with van der Waals surface area (Å²) in [6.07, 6.45) is 9.98. The van der Waals surface area contributed by atoms with Crippen LogP contribution in [0.5, 0.6) is 0 Å². The van der Waals surface area contributed by atoms with Crippen LogP contribution in [-0.2, 0) is 6.42 Å². The molecule has 0 bridgehead atoms. The lowest BCUT2D eigenvalue weighted by molar-refractivity contribution is 0.139. The fourth-order valence-corrected chi connectivity index (χ4v) is 2.76. The summed E-state index contributed by atoms with van der Waals surface area (Å²) < 4.78 is 0. The fraction of sp³-hybridized carbons (Fsp3) is 0.647. The normalized spacial score (nSPS) is 16.4. The predicted octanol–water partition coefficient (Wildman–Crippen LogP) is 3.38. The highest BCUT2D eigenvalue weighted by Crippen LogP contribution is 2.43. The Bertz CT molecular complexity index is 438. The van der Waals surface area contributed by atoms with Crippen molar-refractivity contribution in [2.24, 2.45) is 10.4 Å². The van der Waals surface area contributed by atoms with E-state index in [0.717, 1.165) is 32.0 Å². The lowest BCUT2D eigenvalue weighted by atomic mass is 9.67. The van der Waals surface area contributed by atoms with Crippen LogP contribution in [0.2, 0.25) is 0 Å². The molecule has 0 unspecified atom stereocenters. The summed E-state index contributed by atoms with van der Waals surface area (Å²) in [6.45, 7) is 7.13. The summed E-state index contributed by atoms with van der Waals surface area (Å²) in [5.41, 5.74) is 1.73. The Morgan fingerprint density at radius 3 is 2.68 bits per heavy atom. The number of hydrogen-bond donors (Lipinski definition) is 2. The number of pyridine rings is 1. The van der Waals surface area contributed by atoms with Gasteiger partial charge in [-0.25, -0.2) is 0 Å². The second-order valence-corrected chi connectivity index (χ2v) is 5.94. The minimum atomic E-state index is 0. The maximum atomic E-state index is 4.79. The molecule has 0 amide bonds. The summed E-state index contributed by atoms with van der Waals surface area (Å²) in [4.78, 5) is 8.93. The zero-order valence-electron chi connectivity index (χ0n) is 13.8. The molecular weight excluding hydrogens is 387 g/mol. The van der Waals surface area contributed by atoms with Gasteiger partial charge in [0.2, 0.25) is 0 Å². The van der Waals surface area contributed by atoms with Gasteiger partial charge >= 0.3 is 0 Å². The van der Waals surface area contributed by atoms with Gasteiger partial charge in [0.15, 0.2) is 5.96 Å². The predicted molar refractivity (Wildman–Crippen MR) is 104 cm³/mol. The van der Waals surface area contributed by atoms with E-state index in [9.17, 15) is 0 Å². The molecule has 2 rings (SSSR count). The van der Waals surface area contributed by atoms with Crippen LogP contribution < -0.4 is 10.6 Å². The van der Waals surface area contributed by atoms with Crippen LogP contribution in [0.1, 0.15) is 45.1 Å². The quantitative estimate of drug-likeness (QED) is 0.407. The standard InChI is InChI=1S/C17H28N4.HI/c1-3-17(9-6-10-17)14-21-16(19-4-2)20-12-8-15-7-5-11-18-13-15;/h5,7,11,13H,3-4,6,8-10,12,14H2,1-2H3,(H2,19,20,21);1H. The Morgan fingerprint density at radius 2 is 2.14 bits per heavy atom. The molecule has 22 heavy (non-hydrogen) atoms. The Morgan fingerprint density at radius 1 is 1.32 bits per heavy atom. The number of nitrogens with one attached hydrogen (secondary N) is 2. The highest BCUT2D eigenvalue weighted by molar-refractivity contribution is 14.0. The Kier molecular flexibility index (Phi) is 8.75. The minimum absolute atomic E-state index is 0. The minimum Gasteiger partial charge on any atom is -0.357 e. The topological polar surface area (TPSA) is 49.3 Å². The summed E-state index contributed by atoms with van der Waals surface area (Å²) >= 11 is 0. The van der Waals surface area contributed by atoms with Crippen LogP contribution in [0.3, 0.4) is 0 Å². The fourth-order valence-electron chi connectivity index (χ4n) is 2.76. The second kappa shape index (κ2) is 10.0. The molecule has 1 aromatic heterocycles. The van der Waals surface area contributed by atoms with Crippen molar-refractivity contribution in [2.75, 3.05) is 19.6 Å². The molecule has 4 nitrogen and oxygen atoms in total. The van der Waals surface area contributed by atoms with Crippen molar-refractivity contribution in [3.05, 3.63) is 30.1 Å². The van der Waals surface area contributed by atoms with Gasteiger partial charge in [0.05, 0.1) is 0 Å². The summed E-state index contributed by atoms with van der Waals surface area (Å²) in [6, 6.07) is 4.09. The van der Waals surface area contributed by atoms with Gasteiger partial charge in [-0.3, -0.25) is 9.98 Å². The zero-order valence-corrected chi connectivity index (χ0v) is 16.1. The van der Waals surface area contributed by atoms with E-state index in [2.05, 4.69) is 35.5 Å². The molecule has 0 aromatic carbocycles. The number of aromatic nitrogens is 1. The SMILES string of the molecule is CCNC(=NCC1(CC)CCC1)NCCc1cccnc1.I. The van der Waals surface area contributed by atoms with Gasteiger partial charge in [0.1, 0.15) is 0 Å². The molecule has 1 aliphatic carbocycles. The monoisotopic (exact) mass is 416 g/mol. The van der Waals surface area contributed by atoms with Crippen molar-refractivity contribution in [3.8, 4) is 0 Å². The van der Waals surface area contributed by atoms with Gasteiger partial charge in [-0.15, -0.1) is 24.0 Å². The highest BCUT2D eigenvalue weighted by Gasteiger charge is 2.34. The van der Waals surface area contributed by atoms with Gasteiger partial charge < -0.3 is 10.6 Å². The molecule has 2 N–H and O–H groups in total. The summed E-state index contributed by atoms with van der Waals surface area (Å²) in [5.74, 6) is 0.945. The average Bonchev–Trinajstić information content (AvgIpc) is 2.47. The smallest absolute Gasteiger partial charge is 0.191 e. The number of rotatable bonds is 7. The van der Waals surface area contributed by atoms with Crippen LogP contribution in [0, 0.1) is 5.41 Å². The Hall–Kier alpha value is -0.850. The molecule has 0 saturated heterocycles. The number of guanidine groups is 1. The van der Waals surface area contributed by atoms with Crippen molar-refractivity contribution in [1.82, 2.24) is 15.6 Å².